The Hall–Kier alpha value is -3.61. The van der Waals surface area contributed by atoms with Gasteiger partial charge in [-0.25, -0.2) is 9.50 Å². The summed E-state index contributed by atoms with van der Waals surface area (Å²) in [4.78, 5) is 19.4. The van der Waals surface area contributed by atoms with Crippen molar-refractivity contribution >= 4 is 17.2 Å². The Bertz CT molecular complexity index is 1100. The second-order valence-electron chi connectivity index (χ2n) is 6.88. The molecule has 0 radical (unpaired) electrons. The number of fused-ring (bicyclic) bond motifs is 1. The second kappa shape index (κ2) is 7.19. The van der Waals surface area contributed by atoms with Crippen LogP contribution in [0.2, 0.25) is 0 Å². The molecule has 4 rings (SSSR count). The van der Waals surface area contributed by atoms with Crippen molar-refractivity contribution in [1.82, 2.24) is 19.5 Å². The lowest BCUT2D eigenvalue weighted by molar-refractivity contribution is 0.0689. The second-order valence-corrected chi connectivity index (χ2v) is 6.88. The number of amides is 1. The molecule has 0 aliphatic heterocycles. The Morgan fingerprint density at radius 3 is 2.68 bits per heavy atom. The first-order chi connectivity index (χ1) is 13.5. The summed E-state index contributed by atoms with van der Waals surface area (Å²) in [5, 5.41) is 4.41. The van der Waals surface area contributed by atoms with Gasteiger partial charge in [0.25, 0.3) is 5.91 Å². The smallest absolute Gasteiger partial charge is 0.256 e. The van der Waals surface area contributed by atoms with Crippen LogP contribution in [0.4, 0.5) is 5.69 Å². The third-order valence-corrected chi connectivity index (χ3v) is 4.53. The maximum absolute atomic E-state index is 13.2. The summed E-state index contributed by atoms with van der Waals surface area (Å²) < 4.78 is 6.88. The third-order valence-electron chi connectivity index (χ3n) is 4.53. The molecule has 0 atom stereocenters. The maximum Gasteiger partial charge on any atom is 0.256 e. The number of hydrogen-bond acceptors (Lipinski definition) is 5. The number of carbonyl (C=O) groups excluding carboxylic acids is 1. The molecule has 7 nitrogen and oxygen atoms in total. The van der Waals surface area contributed by atoms with Crippen LogP contribution < -0.4 is 5.73 Å². The van der Waals surface area contributed by atoms with Gasteiger partial charge in [0.1, 0.15) is 0 Å². The van der Waals surface area contributed by atoms with E-state index < -0.39 is 0 Å². The van der Waals surface area contributed by atoms with E-state index in [4.69, 9.17) is 10.2 Å². The topological polar surface area (TPSA) is 89.7 Å². The van der Waals surface area contributed by atoms with Crippen LogP contribution in [0.1, 0.15) is 29.8 Å². The number of rotatable bonds is 5. The minimum Gasteiger partial charge on any atom is -0.461 e. The molecule has 0 saturated heterocycles. The molecule has 3 aromatic heterocycles. The molecule has 0 saturated carbocycles. The molecule has 0 aliphatic rings. The molecule has 0 bridgehead atoms. The van der Waals surface area contributed by atoms with Crippen molar-refractivity contribution in [2.24, 2.45) is 0 Å². The number of nitrogen functional groups attached to an aromatic ring is 1. The number of furan rings is 1. The quantitative estimate of drug-likeness (QED) is 0.575. The molecule has 3 heterocycles. The van der Waals surface area contributed by atoms with E-state index in [-0.39, 0.29) is 11.9 Å². The molecule has 1 amide bonds. The van der Waals surface area contributed by atoms with Gasteiger partial charge in [-0.2, -0.15) is 0 Å². The fourth-order valence-electron chi connectivity index (χ4n) is 3.07. The number of carbonyl (C=O) groups is 1. The SMILES string of the molecule is CC(C)N(Cc1ccccc1)C(=O)c1cc(N)c2nc(-c3ccco3)nn2c1. The van der Waals surface area contributed by atoms with E-state index >= 15 is 0 Å². The average molecular weight is 375 g/mol. The normalized spacial score (nSPS) is 11.2. The Morgan fingerprint density at radius 2 is 2.00 bits per heavy atom. The van der Waals surface area contributed by atoms with Gasteiger partial charge in [0, 0.05) is 18.8 Å². The highest BCUT2D eigenvalue weighted by atomic mass is 16.3. The molecule has 0 aliphatic carbocycles. The zero-order valence-corrected chi connectivity index (χ0v) is 15.7. The van der Waals surface area contributed by atoms with Gasteiger partial charge in [-0.05, 0) is 37.6 Å². The van der Waals surface area contributed by atoms with Gasteiger partial charge in [-0.1, -0.05) is 30.3 Å². The van der Waals surface area contributed by atoms with E-state index in [0.29, 0.717) is 35.0 Å². The molecule has 0 spiro atoms. The van der Waals surface area contributed by atoms with E-state index in [1.54, 1.807) is 35.6 Å². The number of pyridine rings is 1. The van der Waals surface area contributed by atoms with Gasteiger partial charge in [0.05, 0.1) is 17.5 Å². The van der Waals surface area contributed by atoms with E-state index in [0.717, 1.165) is 5.56 Å². The van der Waals surface area contributed by atoms with E-state index in [1.807, 2.05) is 44.2 Å². The minimum absolute atomic E-state index is 0.0269. The predicted octanol–water partition coefficient (Wildman–Crippen LogP) is 3.62. The van der Waals surface area contributed by atoms with Crippen molar-refractivity contribution in [3.63, 3.8) is 0 Å². The fourth-order valence-corrected chi connectivity index (χ4v) is 3.07. The lowest BCUT2D eigenvalue weighted by Crippen LogP contribution is -2.36. The molecule has 7 heteroatoms. The lowest BCUT2D eigenvalue weighted by atomic mass is 10.1. The largest absolute Gasteiger partial charge is 0.461 e. The van der Waals surface area contributed by atoms with Gasteiger partial charge in [-0.3, -0.25) is 4.79 Å². The number of nitrogens with zero attached hydrogens (tertiary/aromatic N) is 4. The predicted molar refractivity (Wildman–Crippen MR) is 107 cm³/mol. The molecule has 2 N–H and O–H groups in total. The summed E-state index contributed by atoms with van der Waals surface area (Å²) in [5.41, 5.74) is 8.57. The van der Waals surface area contributed by atoms with Gasteiger partial charge in [0.2, 0.25) is 5.82 Å². The average Bonchev–Trinajstić information content (AvgIpc) is 3.35. The Morgan fingerprint density at radius 1 is 1.21 bits per heavy atom. The van der Waals surface area contributed by atoms with Crippen molar-refractivity contribution in [2.45, 2.75) is 26.4 Å². The van der Waals surface area contributed by atoms with E-state index in [9.17, 15) is 4.79 Å². The molecule has 1 aromatic carbocycles. The lowest BCUT2D eigenvalue weighted by Gasteiger charge is -2.27. The highest BCUT2D eigenvalue weighted by Crippen LogP contribution is 2.22. The van der Waals surface area contributed by atoms with Crippen LogP contribution in [0, 0.1) is 0 Å². The summed E-state index contributed by atoms with van der Waals surface area (Å²) in [5.74, 6) is 0.859. The van der Waals surface area contributed by atoms with Crippen molar-refractivity contribution in [1.29, 1.82) is 0 Å². The Kier molecular flexibility index (Phi) is 4.57. The standard InChI is InChI=1S/C21H21N5O2/c1-14(2)25(12-15-7-4-3-5-8-15)21(27)16-11-17(22)20-23-19(24-26(20)13-16)18-9-6-10-28-18/h3-11,13-14H,12,22H2,1-2H3. The van der Waals surface area contributed by atoms with Crippen molar-refractivity contribution in [3.8, 4) is 11.6 Å². The van der Waals surface area contributed by atoms with Crippen LogP contribution >= 0.6 is 0 Å². The summed E-state index contributed by atoms with van der Waals surface area (Å²) in [6.07, 6.45) is 3.22. The maximum atomic E-state index is 13.2. The molecule has 0 unspecified atom stereocenters. The zero-order chi connectivity index (χ0) is 19.7. The van der Waals surface area contributed by atoms with E-state index in [1.165, 1.54) is 4.52 Å². The van der Waals surface area contributed by atoms with Gasteiger partial charge < -0.3 is 15.1 Å². The third kappa shape index (κ3) is 3.34. The summed E-state index contributed by atoms with van der Waals surface area (Å²) in [6, 6.07) is 15.1. The first kappa shape index (κ1) is 17.8. The monoisotopic (exact) mass is 375 g/mol. The number of benzene rings is 1. The summed E-state index contributed by atoms with van der Waals surface area (Å²) in [6.45, 7) is 4.50. The molecule has 142 valence electrons. The highest BCUT2D eigenvalue weighted by molar-refractivity contribution is 5.96. The summed E-state index contributed by atoms with van der Waals surface area (Å²) in [7, 11) is 0. The minimum atomic E-state index is -0.109. The van der Waals surface area contributed by atoms with Crippen LogP contribution in [0.25, 0.3) is 17.2 Å². The number of anilines is 1. The van der Waals surface area contributed by atoms with Gasteiger partial charge in [-0.15, -0.1) is 5.10 Å². The van der Waals surface area contributed by atoms with Crippen LogP contribution in [0.5, 0.6) is 0 Å². The summed E-state index contributed by atoms with van der Waals surface area (Å²) >= 11 is 0. The highest BCUT2D eigenvalue weighted by Gasteiger charge is 2.21. The Labute approximate surface area is 162 Å². The molecule has 4 aromatic rings. The van der Waals surface area contributed by atoms with Gasteiger partial charge >= 0.3 is 0 Å². The van der Waals surface area contributed by atoms with Crippen molar-refractivity contribution < 1.29 is 9.21 Å². The number of aromatic nitrogens is 3. The number of hydrogen-bond donors (Lipinski definition) is 1. The molecule has 28 heavy (non-hydrogen) atoms. The van der Waals surface area contributed by atoms with Crippen LogP contribution in [0.15, 0.2) is 65.4 Å². The van der Waals surface area contributed by atoms with Gasteiger partial charge in [0.15, 0.2) is 11.4 Å². The zero-order valence-electron chi connectivity index (χ0n) is 15.7. The van der Waals surface area contributed by atoms with Crippen LogP contribution in [0.3, 0.4) is 0 Å². The van der Waals surface area contributed by atoms with E-state index in [2.05, 4.69) is 10.1 Å². The fraction of sp³-hybridized carbons (Fsp3) is 0.190. The van der Waals surface area contributed by atoms with Crippen molar-refractivity contribution in [3.05, 3.63) is 72.1 Å². The molecule has 0 fully saturated rings. The molecular formula is C21H21N5O2. The first-order valence-electron chi connectivity index (χ1n) is 9.07. The number of nitrogens with two attached hydrogens (primary N) is 1. The molecular weight excluding hydrogens is 354 g/mol. The first-order valence-corrected chi connectivity index (χ1v) is 9.07. The van der Waals surface area contributed by atoms with Crippen LogP contribution in [-0.4, -0.2) is 31.4 Å². The van der Waals surface area contributed by atoms with Crippen molar-refractivity contribution in [2.75, 3.05) is 5.73 Å². The Balaban J connectivity index is 1.69. The van der Waals surface area contributed by atoms with Crippen LogP contribution in [-0.2, 0) is 6.54 Å².